The fourth-order valence-electron chi connectivity index (χ4n) is 2.88. The molecule has 1 amide bonds. The molecule has 7 nitrogen and oxygen atoms in total. The van der Waals surface area contributed by atoms with Gasteiger partial charge in [-0.3, -0.25) is 9.10 Å². The summed E-state index contributed by atoms with van der Waals surface area (Å²) in [6.45, 7) is 1.77. The van der Waals surface area contributed by atoms with E-state index in [2.05, 4.69) is 10.3 Å². The molecular weight excluding hydrogens is 447 g/mol. The molecule has 3 rings (SSSR count). The highest BCUT2D eigenvalue weighted by Crippen LogP contribution is 2.30. The summed E-state index contributed by atoms with van der Waals surface area (Å²) in [4.78, 5) is 16.6. The van der Waals surface area contributed by atoms with E-state index in [-0.39, 0.29) is 17.3 Å². The second-order valence-corrected chi connectivity index (χ2v) is 9.40. The van der Waals surface area contributed by atoms with Crippen LogP contribution in [0.5, 0.6) is 0 Å². The predicted octanol–water partition coefficient (Wildman–Crippen LogP) is 3.57. The number of hydrogen-bond donors (Lipinski definition) is 1. The summed E-state index contributed by atoms with van der Waals surface area (Å²) in [7, 11) is -3.73. The lowest BCUT2D eigenvalue weighted by molar-refractivity contribution is -0.119. The molecule has 0 atom stereocenters. The average Bonchev–Trinajstić information content (AvgIpc) is 3.10. The molecule has 158 valence electrons. The van der Waals surface area contributed by atoms with Crippen molar-refractivity contribution in [1.29, 1.82) is 0 Å². The van der Waals surface area contributed by atoms with Gasteiger partial charge in [0.1, 0.15) is 12.4 Å². The van der Waals surface area contributed by atoms with Gasteiger partial charge in [0.2, 0.25) is 15.9 Å². The van der Waals surface area contributed by atoms with Crippen molar-refractivity contribution in [3.05, 3.63) is 76.3 Å². The van der Waals surface area contributed by atoms with Crippen LogP contribution in [0.2, 0.25) is 10.0 Å². The zero-order chi connectivity index (χ0) is 21.9. The molecule has 1 aromatic heterocycles. The molecule has 0 unspecified atom stereocenters. The molecule has 0 saturated carbocycles. The molecule has 0 radical (unpaired) electrons. The van der Waals surface area contributed by atoms with E-state index in [1.165, 1.54) is 18.2 Å². The van der Waals surface area contributed by atoms with Crippen molar-refractivity contribution in [3.8, 4) is 5.69 Å². The van der Waals surface area contributed by atoms with Gasteiger partial charge in [0.15, 0.2) is 0 Å². The van der Waals surface area contributed by atoms with E-state index in [1.54, 1.807) is 6.20 Å². The highest BCUT2D eigenvalue weighted by molar-refractivity contribution is 7.92. The number of aryl methyl sites for hydroxylation is 1. The summed E-state index contributed by atoms with van der Waals surface area (Å²) in [5.41, 5.74) is 2.03. The van der Waals surface area contributed by atoms with Gasteiger partial charge in [-0.25, -0.2) is 13.4 Å². The van der Waals surface area contributed by atoms with Crippen molar-refractivity contribution in [2.45, 2.75) is 13.5 Å². The number of rotatable bonds is 7. The van der Waals surface area contributed by atoms with Crippen LogP contribution in [0.15, 0.2) is 54.9 Å². The van der Waals surface area contributed by atoms with E-state index in [4.69, 9.17) is 23.2 Å². The zero-order valence-corrected chi connectivity index (χ0v) is 18.7. The maximum absolute atomic E-state index is 12.4. The van der Waals surface area contributed by atoms with Crippen molar-refractivity contribution in [2.75, 3.05) is 17.1 Å². The number of imidazole rings is 1. The first-order chi connectivity index (χ1) is 14.1. The maximum Gasteiger partial charge on any atom is 0.241 e. The molecule has 0 spiro atoms. The molecule has 0 aliphatic rings. The molecule has 1 heterocycles. The first-order valence-corrected chi connectivity index (χ1v) is 11.5. The number of aromatic nitrogens is 2. The second-order valence-electron chi connectivity index (χ2n) is 6.65. The van der Waals surface area contributed by atoms with Gasteiger partial charge in [-0.15, -0.1) is 0 Å². The standard InChI is InChI=1S/C20H20Cl2N4O3S/c1-14-23-9-10-25(14)17-6-3-15(4-7-17)12-24-20(27)13-26(30(2,28)29)19-8-5-16(21)11-18(19)22/h3-11H,12-13H2,1-2H3,(H,24,27). The Bertz CT molecular complexity index is 1160. The number of nitrogens with zero attached hydrogens (tertiary/aromatic N) is 3. The number of amides is 1. The van der Waals surface area contributed by atoms with E-state index in [0.717, 1.165) is 27.6 Å². The van der Waals surface area contributed by atoms with Gasteiger partial charge in [-0.2, -0.15) is 0 Å². The number of benzene rings is 2. The number of nitrogens with one attached hydrogen (secondary N) is 1. The summed E-state index contributed by atoms with van der Waals surface area (Å²) >= 11 is 12.0. The average molecular weight is 467 g/mol. The van der Waals surface area contributed by atoms with Gasteiger partial charge in [-0.1, -0.05) is 35.3 Å². The molecule has 0 bridgehead atoms. The highest BCUT2D eigenvalue weighted by atomic mass is 35.5. The molecule has 3 aromatic rings. The van der Waals surface area contributed by atoms with Crippen LogP contribution in [-0.4, -0.2) is 36.7 Å². The van der Waals surface area contributed by atoms with Crippen molar-refractivity contribution in [2.24, 2.45) is 0 Å². The van der Waals surface area contributed by atoms with Gasteiger partial charge in [0.05, 0.1) is 17.0 Å². The fourth-order valence-corrected chi connectivity index (χ4v) is 4.31. The Morgan fingerprint density at radius 2 is 1.87 bits per heavy atom. The van der Waals surface area contributed by atoms with E-state index in [0.29, 0.717) is 5.02 Å². The third kappa shape index (κ3) is 5.33. The molecule has 30 heavy (non-hydrogen) atoms. The van der Waals surface area contributed by atoms with Crippen LogP contribution < -0.4 is 9.62 Å². The smallest absolute Gasteiger partial charge is 0.241 e. The zero-order valence-electron chi connectivity index (χ0n) is 16.3. The van der Waals surface area contributed by atoms with Gasteiger partial charge in [0.25, 0.3) is 0 Å². The number of carbonyl (C=O) groups excluding carboxylic acids is 1. The van der Waals surface area contributed by atoms with Gasteiger partial charge >= 0.3 is 0 Å². The molecule has 0 aliphatic carbocycles. The summed E-state index contributed by atoms with van der Waals surface area (Å²) in [5, 5.41) is 3.25. The monoisotopic (exact) mass is 466 g/mol. The summed E-state index contributed by atoms with van der Waals surface area (Å²) in [5.74, 6) is 0.416. The highest BCUT2D eigenvalue weighted by Gasteiger charge is 2.23. The third-order valence-electron chi connectivity index (χ3n) is 4.40. The van der Waals surface area contributed by atoms with Crippen LogP contribution in [0.3, 0.4) is 0 Å². The van der Waals surface area contributed by atoms with E-state index in [9.17, 15) is 13.2 Å². The van der Waals surface area contributed by atoms with Crippen LogP contribution in [-0.2, 0) is 21.4 Å². The Morgan fingerprint density at radius 1 is 1.17 bits per heavy atom. The number of halogens is 2. The summed E-state index contributed by atoms with van der Waals surface area (Å²) in [6.07, 6.45) is 4.61. The Labute approximate surface area is 185 Å². The topological polar surface area (TPSA) is 84.3 Å². The number of anilines is 1. The number of sulfonamides is 1. The number of hydrogen-bond acceptors (Lipinski definition) is 4. The largest absolute Gasteiger partial charge is 0.350 e. The molecular formula is C20H20Cl2N4O3S. The normalized spacial score (nSPS) is 11.3. The minimum Gasteiger partial charge on any atom is -0.350 e. The molecule has 0 saturated heterocycles. The van der Waals surface area contributed by atoms with E-state index < -0.39 is 22.5 Å². The van der Waals surface area contributed by atoms with E-state index in [1.807, 2.05) is 42.0 Å². The lowest BCUT2D eigenvalue weighted by atomic mass is 10.2. The SMILES string of the molecule is Cc1nccn1-c1ccc(CNC(=O)CN(c2ccc(Cl)cc2Cl)S(C)(=O)=O)cc1. The fraction of sp³-hybridized carbons (Fsp3) is 0.200. The first kappa shape index (κ1) is 22.1. The van der Waals surface area contributed by atoms with Crippen molar-refractivity contribution in [3.63, 3.8) is 0 Å². The lowest BCUT2D eigenvalue weighted by Crippen LogP contribution is -2.40. The Kier molecular flexibility index (Phi) is 6.70. The molecule has 2 aromatic carbocycles. The predicted molar refractivity (Wildman–Crippen MR) is 119 cm³/mol. The first-order valence-electron chi connectivity index (χ1n) is 8.94. The summed E-state index contributed by atoms with van der Waals surface area (Å²) < 4.78 is 27.3. The number of carbonyl (C=O) groups is 1. The molecule has 0 aliphatic heterocycles. The van der Waals surface area contributed by atoms with Crippen molar-refractivity contribution in [1.82, 2.24) is 14.9 Å². The van der Waals surface area contributed by atoms with Crippen LogP contribution >= 0.6 is 23.2 Å². The Morgan fingerprint density at radius 3 is 2.43 bits per heavy atom. The van der Waals surface area contributed by atoms with Crippen LogP contribution in [0.4, 0.5) is 5.69 Å². The minimum absolute atomic E-state index is 0.145. The second kappa shape index (κ2) is 9.07. The molecule has 10 heteroatoms. The van der Waals surface area contributed by atoms with Gasteiger partial charge in [0, 0.05) is 29.6 Å². The van der Waals surface area contributed by atoms with E-state index >= 15 is 0 Å². The summed E-state index contributed by atoms with van der Waals surface area (Å²) in [6, 6.07) is 12.0. The Balaban J connectivity index is 1.67. The van der Waals surface area contributed by atoms with Gasteiger partial charge < -0.3 is 9.88 Å². The minimum atomic E-state index is -3.73. The maximum atomic E-state index is 12.4. The van der Waals surface area contributed by atoms with Crippen molar-refractivity contribution >= 4 is 44.8 Å². The molecule has 1 N–H and O–H groups in total. The molecule has 0 fully saturated rings. The Hall–Kier alpha value is -2.55. The third-order valence-corrected chi connectivity index (χ3v) is 6.06. The van der Waals surface area contributed by atoms with Crippen LogP contribution in [0.1, 0.15) is 11.4 Å². The van der Waals surface area contributed by atoms with Crippen LogP contribution in [0.25, 0.3) is 5.69 Å². The quantitative estimate of drug-likeness (QED) is 0.576. The van der Waals surface area contributed by atoms with Crippen molar-refractivity contribution < 1.29 is 13.2 Å². The van der Waals surface area contributed by atoms with Crippen LogP contribution in [0, 0.1) is 6.92 Å². The lowest BCUT2D eigenvalue weighted by Gasteiger charge is -2.23. The van der Waals surface area contributed by atoms with Gasteiger partial charge in [-0.05, 0) is 42.8 Å².